The van der Waals surface area contributed by atoms with Crippen LogP contribution < -0.4 is 4.74 Å². The van der Waals surface area contributed by atoms with Gasteiger partial charge in [-0.3, -0.25) is 4.90 Å². The van der Waals surface area contributed by atoms with Gasteiger partial charge >= 0.3 is 0 Å². The van der Waals surface area contributed by atoms with Crippen LogP contribution in [0.1, 0.15) is 30.9 Å². The molecule has 1 fully saturated rings. The minimum absolute atomic E-state index is 0.0243. The van der Waals surface area contributed by atoms with Crippen LogP contribution in [0.25, 0.3) is 0 Å². The summed E-state index contributed by atoms with van der Waals surface area (Å²) in [7, 11) is 0. The Balaban J connectivity index is 1.62. The lowest BCUT2D eigenvalue weighted by Gasteiger charge is -2.36. The van der Waals surface area contributed by atoms with Crippen LogP contribution in [-0.2, 0) is 6.42 Å². The van der Waals surface area contributed by atoms with Crippen molar-refractivity contribution in [1.82, 2.24) is 4.90 Å². The van der Waals surface area contributed by atoms with Crippen molar-refractivity contribution in [3.05, 3.63) is 65.7 Å². The molecule has 1 aliphatic heterocycles. The summed E-state index contributed by atoms with van der Waals surface area (Å²) in [5, 5.41) is 9.87. The molecule has 0 aromatic heterocycles. The molecule has 2 atom stereocenters. The molecule has 0 radical (unpaired) electrons. The lowest BCUT2D eigenvalue weighted by atomic mass is 10.0. The van der Waals surface area contributed by atoms with Gasteiger partial charge in [0, 0.05) is 13.0 Å². The number of likely N-dealkylation sites (tertiary alicyclic amines) is 1. The molecule has 0 spiro atoms. The summed E-state index contributed by atoms with van der Waals surface area (Å²) < 4.78 is 6.10. The standard InChI is InChI=1S/C20H25NO2/c1-2-21-13-12-18(22)15-20(21)23-19-10-8-17(9-11-19)14-16-6-4-3-5-7-16/h3-11,18,20,22H,2,12-15H2,1H3. The number of hydrogen-bond donors (Lipinski definition) is 1. The second-order valence-electron chi connectivity index (χ2n) is 6.19. The molecular weight excluding hydrogens is 286 g/mol. The highest BCUT2D eigenvalue weighted by atomic mass is 16.5. The molecule has 1 heterocycles. The fourth-order valence-corrected chi connectivity index (χ4v) is 3.12. The topological polar surface area (TPSA) is 32.7 Å². The van der Waals surface area contributed by atoms with Gasteiger partial charge in [0.05, 0.1) is 6.10 Å². The van der Waals surface area contributed by atoms with Gasteiger partial charge in [-0.05, 0) is 42.6 Å². The van der Waals surface area contributed by atoms with Crippen LogP contribution in [0.15, 0.2) is 54.6 Å². The Morgan fingerprint density at radius 1 is 1.04 bits per heavy atom. The summed E-state index contributed by atoms with van der Waals surface area (Å²) in [6, 6.07) is 18.8. The van der Waals surface area contributed by atoms with E-state index >= 15 is 0 Å². The Labute approximate surface area is 138 Å². The minimum Gasteiger partial charge on any atom is -0.475 e. The lowest BCUT2D eigenvalue weighted by molar-refractivity contribution is -0.0488. The summed E-state index contributed by atoms with van der Waals surface area (Å²) in [5.41, 5.74) is 2.59. The molecular formula is C20H25NO2. The monoisotopic (exact) mass is 311 g/mol. The molecule has 0 saturated carbocycles. The van der Waals surface area contributed by atoms with Gasteiger partial charge in [-0.1, -0.05) is 49.4 Å². The molecule has 3 rings (SSSR count). The molecule has 0 amide bonds. The van der Waals surface area contributed by atoms with Crippen molar-refractivity contribution in [2.24, 2.45) is 0 Å². The maximum absolute atomic E-state index is 9.87. The molecule has 0 bridgehead atoms. The van der Waals surface area contributed by atoms with E-state index in [1.165, 1.54) is 11.1 Å². The van der Waals surface area contributed by atoms with Crippen molar-refractivity contribution in [2.75, 3.05) is 13.1 Å². The van der Waals surface area contributed by atoms with Crippen LogP contribution in [0.2, 0.25) is 0 Å². The first-order valence-electron chi connectivity index (χ1n) is 8.46. The van der Waals surface area contributed by atoms with E-state index in [1.54, 1.807) is 0 Å². The maximum atomic E-state index is 9.87. The zero-order valence-corrected chi connectivity index (χ0v) is 13.7. The van der Waals surface area contributed by atoms with Gasteiger partial charge in [0.2, 0.25) is 0 Å². The number of ether oxygens (including phenoxy) is 1. The zero-order valence-electron chi connectivity index (χ0n) is 13.7. The molecule has 23 heavy (non-hydrogen) atoms. The minimum atomic E-state index is -0.250. The van der Waals surface area contributed by atoms with E-state index in [-0.39, 0.29) is 12.3 Å². The van der Waals surface area contributed by atoms with Crippen LogP contribution in [-0.4, -0.2) is 35.4 Å². The van der Waals surface area contributed by atoms with E-state index in [0.29, 0.717) is 6.42 Å². The first-order valence-corrected chi connectivity index (χ1v) is 8.46. The third kappa shape index (κ3) is 4.34. The summed E-state index contributed by atoms with van der Waals surface area (Å²) in [4.78, 5) is 2.28. The second kappa shape index (κ2) is 7.62. The first-order chi connectivity index (χ1) is 11.2. The van der Waals surface area contributed by atoms with Gasteiger partial charge < -0.3 is 9.84 Å². The summed E-state index contributed by atoms with van der Waals surface area (Å²) >= 11 is 0. The van der Waals surface area contributed by atoms with Gasteiger partial charge in [0.1, 0.15) is 5.75 Å². The molecule has 1 aliphatic rings. The molecule has 2 unspecified atom stereocenters. The average molecular weight is 311 g/mol. The maximum Gasteiger partial charge on any atom is 0.155 e. The van der Waals surface area contributed by atoms with Crippen molar-refractivity contribution in [1.29, 1.82) is 0 Å². The van der Waals surface area contributed by atoms with Crippen LogP contribution in [0.4, 0.5) is 0 Å². The summed E-state index contributed by atoms with van der Waals surface area (Å²) in [6.07, 6.45) is 2.18. The highest BCUT2D eigenvalue weighted by Crippen LogP contribution is 2.22. The van der Waals surface area contributed by atoms with Crippen molar-refractivity contribution in [3.8, 4) is 5.75 Å². The Hall–Kier alpha value is -1.84. The number of piperidine rings is 1. The van der Waals surface area contributed by atoms with Crippen LogP contribution >= 0.6 is 0 Å². The van der Waals surface area contributed by atoms with E-state index in [1.807, 2.05) is 18.2 Å². The first kappa shape index (κ1) is 16.0. The van der Waals surface area contributed by atoms with E-state index in [4.69, 9.17) is 4.74 Å². The summed E-state index contributed by atoms with van der Waals surface area (Å²) in [5.74, 6) is 0.874. The average Bonchev–Trinajstić information content (AvgIpc) is 2.58. The fourth-order valence-electron chi connectivity index (χ4n) is 3.12. The van der Waals surface area contributed by atoms with Gasteiger partial charge in [-0.2, -0.15) is 0 Å². The number of aliphatic hydroxyl groups excluding tert-OH is 1. The van der Waals surface area contributed by atoms with Gasteiger partial charge in [0.25, 0.3) is 0 Å². The molecule has 2 aromatic carbocycles. The molecule has 1 saturated heterocycles. The largest absolute Gasteiger partial charge is 0.475 e. The number of aliphatic hydroxyl groups is 1. The molecule has 2 aromatic rings. The fraction of sp³-hybridized carbons (Fsp3) is 0.400. The zero-order chi connectivity index (χ0) is 16.1. The summed E-state index contributed by atoms with van der Waals surface area (Å²) in [6.45, 7) is 3.98. The highest BCUT2D eigenvalue weighted by molar-refractivity contribution is 5.31. The molecule has 122 valence electrons. The van der Waals surface area contributed by atoms with Crippen molar-refractivity contribution in [3.63, 3.8) is 0 Å². The smallest absolute Gasteiger partial charge is 0.155 e. The van der Waals surface area contributed by atoms with Crippen LogP contribution in [0.3, 0.4) is 0 Å². The van der Waals surface area contributed by atoms with Gasteiger partial charge in [0.15, 0.2) is 6.23 Å². The Bertz CT molecular complexity index is 597. The van der Waals surface area contributed by atoms with E-state index in [0.717, 1.165) is 31.7 Å². The number of rotatable bonds is 5. The number of benzene rings is 2. The van der Waals surface area contributed by atoms with Crippen LogP contribution in [0.5, 0.6) is 5.75 Å². The van der Waals surface area contributed by atoms with Gasteiger partial charge in [-0.25, -0.2) is 0 Å². The normalized spacial score (nSPS) is 22.0. The Kier molecular flexibility index (Phi) is 5.31. The van der Waals surface area contributed by atoms with Crippen molar-refractivity contribution >= 4 is 0 Å². The second-order valence-corrected chi connectivity index (χ2v) is 6.19. The van der Waals surface area contributed by atoms with Crippen LogP contribution in [0, 0.1) is 0 Å². The van der Waals surface area contributed by atoms with E-state index in [9.17, 15) is 5.11 Å². The molecule has 1 N–H and O–H groups in total. The van der Waals surface area contributed by atoms with Gasteiger partial charge in [-0.15, -0.1) is 0 Å². The molecule has 3 nitrogen and oxygen atoms in total. The SMILES string of the molecule is CCN1CCC(O)CC1Oc1ccc(Cc2ccccc2)cc1. The predicted molar refractivity (Wildman–Crippen MR) is 92.6 cm³/mol. The van der Waals surface area contributed by atoms with E-state index < -0.39 is 0 Å². The Morgan fingerprint density at radius 2 is 1.74 bits per heavy atom. The van der Waals surface area contributed by atoms with Crippen molar-refractivity contribution < 1.29 is 9.84 Å². The number of nitrogens with zero attached hydrogens (tertiary/aromatic N) is 1. The predicted octanol–water partition coefficient (Wildman–Crippen LogP) is 3.46. The third-order valence-electron chi connectivity index (χ3n) is 4.48. The number of hydrogen-bond acceptors (Lipinski definition) is 3. The molecule has 3 heteroatoms. The van der Waals surface area contributed by atoms with E-state index in [2.05, 4.69) is 48.2 Å². The lowest BCUT2D eigenvalue weighted by Crippen LogP contribution is -2.47. The quantitative estimate of drug-likeness (QED) is 0.918. The Morgan fingerprint density at radius 3 is 2.43 bits per heavy atom. The molecule has 0 aliphatic carbocycles. The highest BCUT2D eigenvalue weighted by Gasteiger charge is 2.27. The van der Waals surface area contributed by atoms with Crippen molar-refractivity contribution in [2.45, 2.75) is 38.5 Å². The third-order valence-corrected chi connectivity index (χ3v) is 4.48.